The van der Waals surface area contributed by atoms with Crippen LogP contribution in [0, 0.1) is 0 Å². The van der Waals surface area contributed by atoms with Crippen molar-refractivity contribution >= 4 is 17.5 Å². The molecule has 2 heterocycles. The monoisotopic (exact) mass is 420 g/mol. The number of fused-ring (bicyclic) bond motifs is 1. The van der Waals surface area contributed by atoms with Crippen LogP contribution in [0.4, 0.5) is 5.69 Å². The smallest absolute Gasteiger partial charge is 0.316 e. The van der Waals surface area contributed by atoms with E-state index < -0.39 is 5.91 Å². The third kappa shape index (κ3) is 4.42. The number of carbonyl (C=O) groups is 2. The van der Waals surface area contributed by atoms with Crippen molar-refractivity contribution < 1.29 is 18.8 Å². The van der Waals surface area contributed by atoms with Crippen molar-refractivity contribution in [1.29, 1.82) is 0 Å². The molecule has 1 N–H and O–H groups in total. The number of nitrogens with zero attached hydrogens (tertiary/aromatic N) is 3. The molecule has 8 nitrogen and oxygen atoms in total. The first-order chi connectivity index (χ1) is 15.1. The van der Waals surface area contributed by atoms with Gasteiger partial charge in [-0.25, -0.2) is 0 Å². The van der Waals surface area contributed by atoms with Crippen molar-refractivity contribution in [2.75, 3.05) is 24.6 Å². The maximum atomic E-state index is 12.4. The molecule has 8 heteroatoms. The average Bonchev–Trinajstić information content (AvgIpc) is 3.30. The fraction of sp³-hybridized carbons (Fsp3) is 0.304. The second kappa shape index (κ2) is 8.99. The van der Waals surface area contributed by atoms with E-state index in [2.05, 4.69) is 15.5 Å². The van der Waals surface area contributed by atoms with E-state index in [0.717, 1.165) is 17.7 Å². The van der Waals surface area contributed by atoms with Crippen molar-refractivity contribution in [2.45, 2.75) is 26.2 Å². The van der Waals surface area contributed by atoms with E-state index in [1.807, 2.05) is 44.2 Å². The van der Waals surface area contributed by atoms with Crippen LogP contribution < -0.4 is 15.0 Å². The molecule has 0 fully saturated rings. The third-order valence-corrected chi connectivity index (χ3v) is 5.17. The Kier molecular flexibility index (Phi) is 5.97. The Bertz CT molecular complexity index is 1080. The Morgan fingerprint density at radius 2 is 2.03 bits per heavy atom. The zero-order valence-corrected chi connectivity index (χ0v) is 17.5. The molecule has 1 aliphatic heterocycles. The van der Waals surface area contributed by atoms with Crippen LogP contribution in [0.5, 0.6) is 5.75 Å². The van der Waals surface area contributed by atoms with Gasteiger partial charge in [-0.15, -0.1) is 0 Å². The van der Waals surface area contributed by atoms with Crippen molar-refractivity contribution in [3.63, 3.8) is 0 Å². The van der Waals surface area contributed by atoms with Gasteiger partial charge in [0.1, 0.15) is 5.75 Å². The number of anilines is 1. The maximum Gasteiger partial charge on any atom is 0.316 e. The molecule has 0 saturated heterocycles. The lowest BCUT2D eigenvalue weighted by Gasteiger charge is -2.29. The number of aromatic nitrogens is 2. The summed E-state index contributed by atoms with van der Waals surface area (Å²) >= 11 is 0. The molecule has 0 saturated carbocycles. The van der Waals surface area contributed by atoms with E-state index in [9.17, 15) is 9.59 Å². The lowest BCUT2D eigenvalue weighted by Crippen LogP contribution is -2.39. The molecule has 1 aromatic heterocycles. The predicted octanol–water partition coefficient (Wildman–Crippen LogP) is 3.41. The van der Waals surface area contributed by atoms with E-state index in [0.29, 0.717) is 24.4 Å². The molecule has 3 aromatic rings. The molecule has 0 aliphatic carbocycles. The highest BCUT2D eigenvalue weighted by Gasteiger charge is 2.26. The topological polar surface area (TPSA) is 97.6 Å². The highest BCUT2D eigenvalue weighted by molar-refractivity contribution is 5.98. The number of rotatable bonds is 7. The molecular formula is C23H24N4O4. The van der Waals surface area contributed by atoms with Gasteiger partial charge < -0.3 is 19.5 Å². The van der Waals surface area contributed by atoms with Gasteiger partial charge in [-0.05, 0) is 36.1 Å². The number of amides is 2. The lowest BCUT2D eigenvalue weighted by molar-refractivity contribution is -0.121. The average molecular weight is 420 g/mol. The standard InChI is InChI=1S/C23H24N4O4/c1-3-11-27-18-10-9-17(12-19(18)30-14-20(27)28)21-25-23(31-26-21)22(29)24-13-15(2)16-7-5-4-6-8-16/h4-10,12,15H,3,11,13-14H2,1-2H3,(H,24,29). The first kappa shape index (κ1) is 20.6. The third-order valence-electron chi connectivity index (χ3n) is 5.17. The van der Waals surface area contributed by atoms with Crippen molar-refractivity contribution in [1.82, 2.24) is 15.5 Å². The van der Waals surface area contributed by atoms with Gasteiger partial charge in [0.15, 0.2) is 6.61 Å². The summed E-state index contributed by atoms with van der Waals surface area (Å²) in [7, 11) is 0. The number of benzene rings is 2. The molecule has 1 atom stereocenters. The van der Waals surface area contributed by atoms with Gasteiger partial charge in [-0.3, -0.25) is 9.59 Å². The van der Waals surface area contributed by atoms with Crippen LogP contribution in [0.15, 0.2) is 53.1 Å². The van der Waals surface area contributed by atoms with Gasteiger partial charge in [0, 0.05) is 18.7 Å². The van der Waals surface area contributed by atoms with Crippen LogP contribution in [0.2, 0.25) is 0 Å². The van der Waals surface area contributed by atoms with Gasteiger partial charge >= 0.3 is 11.8 Å². The Morgan fingerprint density at radius 3 is 2.81 bits per heavy atom. The lowest BCUT2D eigenvalue weighted by atomic mass is 10.0. The first-order valence-corrected chi connectivity index (χ1v) is 10.3. The SMILES string of the molecule is CCCN1C(=O)COc2cc(-c3noc(C(=O)NCC(C)c4ccccc4)n3)ccc21. The molecule has 2 aromatic carbocycles. The summed E-state index contributed by atoms with van der Waals surface area (Å²) in [4.78, 5) is 30.5. The Hall–Kier alpha value is -3.68. The quantitative estimate of drug-likeness (QED) is 0.629. The van der Waals surface area contributed by atoms with Gasteiger partial charge in [0.05, 0.1) is 5.69 Å². The number of hydrogen-bond acceptors (Lipinski definition) is 6. The fourth-order valence-corrected chi connectivity index (χ4v) is 3.47. The molecule has 0 spiro atoms. The molecule has 4 rings (SSSR count). The molecule has 1 aliphatic rings. The van der Waals surface area contributed by atoms with Crippen molar-refractivity contribution in [3.8, 4) is 17.1 Å². The number of nitrogens with one attached hydrogen (secondary N) is 1. The summed E-state index contributed by atoms with van der Waals surface area (Å²) < 4.78 is 10.7. The van der Waals surface area contributed by atoms with Crippen LogP contribution in [0.3, 0.4) is 0 Å². The zero-order valence-electron chi connectivity index (χ0n) is 17.5. The van der Waals surface area contributed by atoms with Gasteiger partial charge in [-0.1, -0.05) is 49.3 Å². The molecule has 0 bridgehead atoms. The van der Waals surface area contributed by atoms with E-state index in [4.69, 9.17) is 9.26 Å². The minimum atomic E-state index is -0.421. The Balaban J connectivity index is 1.45. The second-order valence-corrected chi connectivity index (χ2v) is 7.46. The highest BCUT2D eigenvalue weighted by atomic mass is 16.5. The first-order valence-electron chi connectivity index (χ1n) is 10.3. The molecule has 0 radical (unpaired) electrons. The number of hydrogen-bond donors (Lipinski definition) is 1. The molecule has 31 heavy (non-hydrogen) atoms. The molecule has 1 unspecified atom stereocenters. The largest absolute Gasteiger partial charge is 0.482 e. The van der Waals surface area contributed by atoms with Crippen molar-refractivity contribution in [2.24, 2.45) is 0 Å². The van der Waals surface area contributed by atoms with Crippen LogP contribution in [0.25, 0.3) is 11.4 Å². The predicted molar refractivity (Wildman–Crippen MR) is 115 cm³/mol. The fourth-order valence-electron chi connectivity index (χ4n) is 3.47. The summed E-state index contributed by atoms with van der Waals surface area (Å²) in [6.07, 6.45) is 0.846. The normalized spacial score (nSPS) is 14.0. The van der Waals surface area contributed by atoms with Crippen LogP contribution in [-0.4, -0.2) is 41.7 Å². The minimum Gasteiger partial charge on any atom is -0.482 e. The van der Waals surface area contributed by atoms with Crippen molar-refractivity contribution in [3.05, 3.63) is 60.0 Å². The summed E-state index contributed by atoms with van der Waals surface area (Å²) in [5, 5.41) is 6.76. The number of carbonyl (C=O) groups excluding carboxylic acids is 2. The molecule has 160 valence electrons. The summed E-state index contributed by atoms with van der Waals surface area (Å²) in [5.74, 6) is 0.432. The Morgan fingerprint density at radius 1 is 1.23 bits per heavy atom. The summed E-state index contributed by atoms with van der Waals surface area (Å²) in [6.45, 7) is 5.13. The van der Waals surface area contributed by atoms with Gasteiger partial charge in [0.2, 0.25) is 5.82 Å². The van der Waals surface area contributed by atoms with Crippen LogP contribution in [-0.2, 0) is 4.79 Å². The van der Waals surface area contributed by atoms with E-state index >= 15 is 0 Å². The van der Waals surface area contributed by atoms with Crippen LogP contribution in [0.1, 0.15) is 42.4 Å². The number of ether oxygens (including phenoxy) is 1. The van der Waals surface area contributed by atoms with E-state index in [-0.39, 0.29) is 30.1 Å². The molecular weight excluding hydrogens is 396 g/mol. The van der Waals surface area contributed by atoms with E-state index in [1.54, 1.807) is 23.1 Å². The highest BCUT2D eigenvalue weighted by Crippen LogP contribution is 2.35. The molecule has 2 amide bonds. The zero-order chi connectivity index (χ0) is 21.8. The second-order valence-electron chi connectivity index (χ2n) is 7.46. The van der Waals surface area contributed by atoms with E-state index in [1.165, 1.54) is 0 Å². The van der Waals surface area contributed by atoms with Gasteiger partial charge in [-0.2, -0.15) is 4.98 Å². The van der Waals surface area contributed by atoms with Crippen LogP contribution >= 0.6 is 0 Å². The Labute approximate surface area is 180 Å². The summed E-state index contributed by atoms with van der Waals surface area (Å²) in [5.41, 5.74) is 2.50. The summed E-state index contributed by atoms with van der Waals surface area (Å²) in [6, 6.07) is 15.3. The maximum absolute atomic E-state index is 12.4. The minimum absolute atomic E-state index is 0.00402. The van der Waals surface area contributed by atoms with Gasteiger partial charge in [0.25, 0.3) is 5.91 Å².